The van der Waals surface area contributed by atoms with Crippen molar-refractivity contribution >= 4 is 11.7 Å². The molecular formula is C13H19N3O. The number of fused-ring (bicyclic) bond motifs is 1. The van der Waals surface area contributed by atoms with Crippen molar-refractivity contribution in [2.45, 2.75) is 12.5 Å². The van der Waals surface area contributed by atoms with Gasteiger partial charge in [0.05, 0.1) is 5.69 Å². The summed E-state index contributed by atoms with van der Waals surface area (Å²) >= 11 is 0. The highest BCUT2D eigenvalue weighted by molar-refractivity contribution is 5.93. The summed E-state index contributed by atoms with van der Waals surface area (Å²) in [5.74, 6) is 0. The summed E-state index contributed by atoms with van der Waals surface area (Å²) in [6, 6.07) is 8.50. The summed E-state index contributed by atoms with van der Waals surface area (Å²) in [7, 11) is 5.54. The summed E-state index contributed by atoms with van der Waals surface area (Å²) in [5, 5.41) is 3.30. The van der Waals surface area contributed by atoms with Crippen molar-refractivity contribution < 1.29 is 4.79 Å². The van der Waals surface area contributed by atoms with Crippen molar-refractivity contribution in [2.24, 2.45) is 0 Å². The molecule has 1 heterocycles. The Labute approximate surface area is 102 Å². The molecule has 1 aromatic rings. The van der Waals surface area contributed by atoms with Crippen LogP contribution >= 0.6 is 0 Å². The van der Waals surface area contributed by atoms with Gasteiger partial charge in [0.25, 0.3) is 0 Å². The first-order valence-corrected chi connectivity index (χ1v) is 5.90. The van der Waals surface area contributed by atoms with Crippen molar-refractivity contribution in [1.29, 1.82) is 0 Å². The third kappa shape index (κ3) is 2.13. The molecule has 1 atom stereocenters. The number of hydrogen-bond acceptors (Lipinski definition) is 2. The van der Waals surface area contributed by atoms with Crippen LogP contribution in [0.3, 0.4) is 0 Å². The van der Waals surface area contributed by atoms with Crippen LogP contribution in [0.5, 0.6) is 0 Å². The number of para-hydroxylation sites is 1. The van der Waals surface area contributed by atoms with Gasteiger partial charge in [-0.25, -0.2) is 4.79 Å². The molecule has 0 saturated carbocycles. The fourth-order valence-electron chi connectivity index (χ4n) is 2.30. The van der Waals surface area contributed by atoms with Crippen molar-refractivity contribution in [3.05, 3.63) is 29.8 Å². The zero-order valence-corrected chi connectivity index (χ0v) is 10.6. The van der Waals surface area contributed by atoms with Crippen LogP contribution in [0.25, 0.3) is 0 Å². The minimum absolute atomic E-state index is 0.0482. The predicted molar refractivity (Wildman–Crippen MR) is 69.3 cm³/mol. The number of carbonyl (C=O) groups is 1. The van der Waals surface area contributed by atoms with Crippen LogP contribution < -0.4 is 10.2 Å². The van der Waals surface area contributed by atoms with Gasteiger partial charge in [-0.15, -0.1) is 0 Å². The molecule has 2 amide bonds. The number of nitrogens with zero attached hydrogens (tertiary/aromatic N) is 2. The Morgan fingerprint density at radius 2 is 2.12 bits per heavy atom. The Balaban J connectivity index is 2.37. The van der Waals surface area contributed by atoms with Gasteiger partial charge in [-0.05, 0) is 25.1 Å². The average molecular weight is 233 g/mol. The summed E-state index contributed by atoms with van der Waals surface area (Å²) < 4.78 is 0. The number of nitrogens with one attached hydrogen (secondary N) is 1. The van der Waals surface area contributed by atoms with Gasteiger partial charge >= 0.3 is 6.03 Å². The minimum atomic E-state index is 0.0482. The molecule has 1 aliphatic heterocycles. The maximum Gasteiger partial charge on any atom is 0.323 e. The first-order valence-electron chi connectivity index (χ1n) is 5.90. The predicted octanol–water partition coefficient (Wildman–Crippen LogP) is 1.84. The molecule has 1 N–H and O–H groups in total. The molecule has 17 heavy (non-hydrogen) atoms. The molecule has 1 aromatic carbocycles. The first kappa shape index (κ1) is 11.9. The lowest BCUT2D eigenvalue weighted by Crippen LogP contribution is -2.44. The molecule has 0 radical (unpaired) electrons. The molecule has 0 aliphatic carbocycles. The van der Waals surface area contributed by atoms with E-state index in [9.17, 15) is 4.79 Å². The van der Waals surface area contributed by atoms with E-state index in [-0.39, 0.29) is 6.03 Å². The molecule has 0 bridgehead atoms. The smallest absolute Gasteiger partial charge is 0.323 e. The first-order chi connectivity index (χ1) is 8.15. The largest absolute Gasteiger partial charge is 0.330 e. The lowest BCUT2D eigenvalue weighted by Gasteiger charge is -2.35. The van der Waals surface area contributed by atoms with Crippen molar-refractivity contribution in [1.82, 2.24) is 10.2 Å². The number of rotatable bonds is 1. The van der Waals surface area contributed by atoms with Gasteiger partial charge in [0, 0.05) is 26.7 Å². The zero-order valence-electron chi connectivity index (χ0n) is 10.6. The van der Waals surface area contributed by atoms with E-state index in [1.165, 1.54) is 5.56 Å². The van der Waals surface area contributed by atoms with E-state index in [4.69, 9.17) is 0 Å². The van der Waals surface area contributed by atoms with E-state index in [1.54, 1.807) is 19.0 Å². The molecule has 0 spiro atoms. The molecule has 4 heteroatoms. The second-order valence-corrected chi connectivity index (χ2v) is 4.52. The summed E-state index contributed by atoms with van der Waals surface area (Å²) in [6.45, 7) is 0.763. The van der Waals surface area contributed by atoms with Crippen LogP contribution in [0.15, 0.2) is 24.3 Å². The second-order valence-electron chi connectivity index (χ2n) is 4.52. The highest BCUT2D eigenvalue weighted by Crippen LogP contribution is 2.33. The number of hydrogen-bond donors (Lipinski definition) is 1. The van der Waals surface area contributed by atoms with Crippen LogP contribution in [0.1, 0.15) is 18.0 Å². The third-order valence-electron chi connectivity index (χ3n) is 3.21. The highest BCUT2D eigenvalue weighted by Gasteiger charge is 2.28. The van der Waals surface area contributed by atoms with Crippen molar-refractivity contribution in [2.75, 3.05) is 32.6 Å². The molecule has 4 nitrogen and oxygen atoms in total. The summed E-state index contributed by atoms with van der Waals surface area (Å²) in [4.78, 5) is 15.6. The van der Waals surface area contributed by atoms with E-state index >= 15 is 0 Å². The maximum absolute atomic E-state index is 12.1. The zero-order chi connectivity index (χ0) is 12.4. The monoisotopic (exact) mass is 233 g/mol. The number of urea groups is 1. The Morgan fingerprint density at radius 1 is 1.41 bits per heavy atom. The standard InChI is InChI=1S/C13H19N3O/c1-14-11-8-9-16(13(17)15(2)3)12-7-5-4-6-10(11)12/h4-7,11,14H,8-9H2,1-3H3. The SMILES string of the molecule is CNC1CCN(C(=O)N(C)C)c2ccccc21. The molecule has 2 rings (SSSR count). The highest BCUT2D eigenvalue weighted by atomic mass is 16.2. The van der Waals surface area contributed by atoms with E-state index in [2.05, 4.69) is 11.4 Å². The molecule has 0 fully saturated rings. The molecule has 0 saturated heterocycles. The van der Waals surface area contributed by atoms with E-state index < -0.39 is 0 Å². The lowest BCUT2D eigenvalue weighted by atomic mass is 9.97. The van der Waals surface area contributed by atoms with Crippen molar-refractivity contribution in [3.63, 3.8) is 0 Å². The molecular weight excluding hydrogens is 214 g/mol. The van der Waals surface area contributed by atoms with Gasteiger partial charge in [0.1, 0.15) is 0 Å². The molecule has 0 aromatic heterocycles. The fourth-order valence-corrected chi connectivity index (χ4v) is 2.30. The molecule has 1 aliphatic rings. The second kappa shape index (κ2) is 4.75. The number of carbonyl (C=O) groups excluding carboxylic acids is 1. The fraction of sp³-hybridized carbons (Fsp3) is 0.462. The average Bonchev–Trinajstić information content (AvgIpc) is 2.36. The van der Waals surface area contributed by atoms with Crippen LogP contribution in [0.4, 0.5) is 10.5 Å². The molecule has 92 valence electrons. The lowest BCUT2D eigenvalue weighted by molar-refractivity contribution is 0.222. The summed E-state index contributed by atoms with van der Waals surface area (Å²) in [6.07, 6.45) is 0.951. The topological polar surface area (TPSA) is 35.6 Å². The number of anilines is 1. The van der Waals surface area contributed by atoms with Gasteiger partial charge in [0.15, 0.2) is 0 Å². The van der Waals surface area contributed by atoms with Gasteiger partial charge < -0.3 is 10.2 Å². The number of benzene rings is 1. The van der Waals surface area contributed by atoms with Gasteiger partial charge in [-0.3, -0.25) is 4.90 Å². The van der Waals surface area contributed by atoms with Crippen LogP contribution in [-0.2, 0) is 0 Å². The van der Waals surface area contributed by atoms with Crippen molar-refractivity contribution in [3.8, 4) is 0 Å². The Bertz CT molecular complexity index is 417. The summed E-state index contributed by atoms with van der Waals surface area (Å²) in [5.41, 5.74) is 2.23. The van der Waals surface area contributed by atoms with Crippen LogP contribution in [0, 0.1) is 0 Å². The Hall–Kier alpha value is -1.55. The van der Waals surface area contributed by atoms with Gasteiger partial charge in [-0.1, -0.05) is 18.2 Å². The van der Waals surface area contributed by atoms with Crippen LogP contribution in [0.2, 0.25) is 0 Å². The normalized spacial score (nSPS) is 18.8. The van der Waals surface area contributed by atoms with E-state index in [0.29, 0.717) is 6.04 Å². The third-order valence-corrected chi connectivity index (χ3v) is 3.21. The molecule has 1 unspecified atom stereocenters. The Morgan fingerprint density at radius 3 is 2.76 bits per heavy atom. The van der Waals surface area contributed by atoms with Crippen LogP contribution in [-0.4, -0.2) is 38.6 Å². The van der Waals surface area contributed by atoms with Gasteiger partial charge in [0.2, 0.25) is 0 Å². The maximum atomic E-state index is 12.1. The van der Waals surface area contributed by atoms with E-state index in [0.717, 1.165) is 18.7 Å². The van der Waals surface area contributed by atoms with Gasteiger partial charge in [-0.2, -0.15) is 0 Å². The Kier molecular flexibility index (Phi) is 3.33. The number of amides is 2. The van der Waals surface area contributed by atoms with E-state index in [1.807, 2.05) is 30.1 Å². The quantitative estimate of drug-likeness (QED) is 0.803. The minimum Gasteiger partial charge on any atom is -0.330 e.